The zero-order valence-corrected chi connectivity index (χ0v) is 14.5. The summed E-state index contributed by atoms with van der Waals surface area (Å²) in [6.45, 7) is 11.7. The van der Waals surface area contributed by atoms with E-state index in [1.165, 1.54) is 0 Å². The van der Waals surface area contributed by atoms with Crippen molar-refractivity contribution >= 4 is 9.84 Å². The molecular weight excluding hydrogens is 282 g/mol. The van der Waals surface area contributed by atoms with Crippen LogP contribution >= 0.6 is 0 Å². The predicted molar refractivity (Wildman–Crippen MR) is 87.3 cm³/mol. The summed E-state index contributed by atoms with van der Waals surface area (Å²) in [7, 11) is -3.13. The average Bonchev–Trinajstić information content (AvgIpc) is 2.61. The first-order valence-electron chi connectivity index (χ1n) is 7.68. The van der Waals surface area contributed by atoms with Gasteiger partial charge < -0.3 is 5.32 Å². The van der Waals surface area contributed by atoms with Gasteiger partial charge in [-0.2, -0.15) is 0 Å². The molecule has 2 rings (SSSR count). The molecule has 0 spiro atoms. The zero-order chi connectivity index (χ0) is 15.8. The highest BCUT2D eigenvalue weighted by molar-refractivity contribution is 7.91. The summed E-state index contributed by atoms with van der Waals surface area (Å²) < 4.78 is 24.8. The zero-order valence-electron chi connectivity index (χ0n) is 13.7. The van der Waals surface area contributed by atoms with Crippen LogP contribution in [0.2, 0.25) is 0 Å². The molecule has 1 heterocycles. The lowest BCUT2D eigenvalue weighted by molar-refractivity contribution is 0.199. The van der Waals surface area contributed by atoms with E-state index in [1.807, 2.05) is 18.2 Å². The highest BCUT2D eigenvalue weighted by Gasteiger charge is 2.42. The summed E-state index contributed by atoms with van der Waals surface area (Å²) in [5.74, 6) is 0.615. The molecule has 1 aromatic carbocycles. The molecular formula is C17H27NO2S. The number of rotatable bonds is 4. The van der Waals surface area contributed by atoms with Crippen LogP contribution in [0.4, 0.5) is 0 Å². The van der Waals surface area contributed by atoms with E-state index in [0.717, 1.165) is 12.1 Å². The summed E-state index contributed by atoms with van der Waals surface area (Å²) in [5, 5.41) is 3.49. The second-order valence-corrected chi connectivity index (χ2v) is 9.46. The van der Waals surface area contributed by atoms with Gasteiger partial charge in [0.2, 0.25) is 0 Å². The Balaban J connectivity index is 2.39. The second kappa shape index (κ2) is 5.73. The third-order valence-corrected chi connectivity index (χ3v) is 6.24. The van der Waals surface area contributed by atoms with E-state index in [9.17, 15) is 8.42 Å². The number of hydrogen-bond acceptors (Lipinski definition) is 3. The minimum absolute atomic E-state index is 0.0551. The van der Waals surface area contributed by atoms with Crippen molar-refractivity contribution in [3.63, 3.8) is 0 Å². The Morgan fingerprint density at radius 2 is 1.86 bits per heavy atom. The summed E-state index contributed by atoms with van der Waals surface area (Å²) in [5.41, 5.74) is 1.06. The molecule has 21 heavy (non-hydrogen) atoms. The van der Waals surface area contributed by atoms with Crippen LogP contribution in [0.25, 0.3) is 0 Å². The van der Waals surface area contributed by atoms with Gasteiger partial charge in [0.15, 0.2) is 9.84 Å². The number of benzene rings is 1. The molecule has 0 saturated heterocycles. The molecule has 0 saturated carbocycles. The maximum absolute atomic E-state index is 12.4. The normalized spacial score (nSPS) is 22.3. The van der Waals surface area contributed by atoms with Crippen LogP contribution in [0.15, 0.2) is 29.2 Å². The van der Waals surface area contributed by atoms with E-state index in [2.05, 4.69) is 39.9 Å². The largest absolute Gasteiger partial charge is 0.314 e. The molecule has 1 aliphatic heterocycles. The second-order valence-electron chi connectivity index (χ2n) is 7.46. The van der Waals surface area contributed by atoms with Gasteiger partial charge in [0, 0.05) is 12.0 Å². The maximum atomic E-state index is 12.4. The van der Waals surface area contributed by atoms with E-state index in [-0.39, 0.29) is 17.1 Å². The molecule has 1 N–H and O–H groups in total. The fourth-order valence-corrected chi connectivity index (χ4v) is 5.16. The average molecular weight is 309 g/mol. The van der Waals surface area contributed by atoms with E-state index >= 15 is 0 Å². The predicted octanol–water partition coefficient (Wildman–Crippen LogP) is 3.22. The molecule has 4 heteroatoms. The van der Waals surface area contributed by atoms with Gasteiger partial charge in [-0.15, -0.1) is 0 Å². The Morgan fingerprint density at radius 1 is 1.24 bits per heavy atom. The van der Waals surface area contributed by atoms with Crippen LogP contribution in [0.5, 0.6) is 0 Å². The lowest BCUT2D eigenvalue weighted by atomic mass is 9.71. The lowest BCUT2D eigenvalue weighted by Crippen LogP contribution is -2.39. The first-order valence-corrected chi connectivity index (χ1v) is 9.33. The minimum Gasteiger partial charge on any atom is -0.314 e. The minimum atomic E-state index is -3.13. The Bertz CT molecular complexity index is 599. The molecule has 118 valence electrons. The first kappa shape index (κ1) is 16.5. The number of hydrogen-bond donors (Lipinski definition) is 1. The summed E-state index contributed by atoms with van der Waals surface area (Å²) in [6.07, 6.45) is 0. The molecule has 0 aromatic heterocycles. The van der Waals surface area contributed by atoms with Crippen molar-refractivity contribution in [2.45, 2.75) is 51.5 Å². The van der Waals surface area contributed by atoms with Gasteiger partial charge in [-0.3, -0.25) is 0 Å². The third-order valence-electron chi connectivity index (χ3n) is 4.40. The van der Waals surface area contributed by atoms with Gasteiger partial charge in [0.25, 0.3) is 0 Å². The molecule has 2 unspecified atom stereocenters. The van der Waals surface area contributed by atoms with Crippen molar-refractivity contribution in [2.75, 3.05) is 12.3 Å². The molecule has 0 fully saturated rings. The Morgan fingerprint density at radius 3 is 2.43 bits per heavy atom. The fraction of sp³-hybridized carbons (Fsp3) is 0.647. The summed E-state index contributed by atoms with van der Waals surface area (Å²) in [6, 6.07) is 7.90. The van der Waals surface area contributed by atoms with Crippen molar-refractivity contribution in [1.82, 2.24) is 5.32 Å². The molecule has 1 aliphatic rings. The lowest BCUT2D eigenvalue weighted by Gasteiger charge is -2.36. The van der Waals surface area contributed by atoms with Crippen LogP contribution in [-0.2, 0) is 9.84 Å². The topological polar surface area (TPSA) is 46.2 Å². The van der Waals surface area contributed by atoms with Crippen LogP contribution < -0.4 is 5.32 Å². The number of fused-ring (bicyclic) bond motifs is 1. The SMILES string of the molecule is CC(C)NCC(C1CS(=O)(=O)c2ccccc21)C(C)(C)C. The van der Waals surface area contributed by atoms with Crippen molar-refractivity contribution in [3.8, 4) is 0 Å². The fourth-order valence-electron chi connectivity index (χ4n) is 3.23. The van der Waals surface area contributed by atoms with Gasteiger partial charge in [-0.1, -0.05) is 52.8 Å². The number of nitrogens with one attached hydrogen (secondary N) is 1. The Labute approximate surface area is 129 Å². The highest BCUT2D eigenvalue weighted by Crippen LogP contribution is 2.45. The highest BCUT2D eigenvalue weighted by atomic mass is 32.2. The monoisotopic (exact) mass is 309 g/mol. The maximum Gasteiger partial charge on any atom is 0.179 e. The van der Waals surface area contributed by atoms with E-state index in [4.69, 9.17) is 0 Å². The van der Waals surface area contributed by atoms with Crippen molar-refractivity contribution in [2.24, 2.45) is 11.3 Å². The molecule has 2 atom stereocenters. The van der Waals surface area contributed by atoms with Crippen LogP contribution in [0.1, 0.15) is 46.1 Å². The first-order chi connectivity index (χ1) is 9.63. The van der Waals surface area contributed by atoms with Crippen molar-refractivity contribution < 1.29 is 8.42 Å². The van der Waals surface area contributed by atoms with E-state index < -0.39 is 9.84 Å². The summed E-state index contributed by atoms with van der Waals surface area (Å²) >= 11 is 0. The standard InChI is InChI=1S/C17H27NO2S/c1-12(2)18-10-15(17(3,4)5)14-11-21(19,20)16-9-7-6-8-13(14)16/h6-9,12,14-15,18H,10-11H2,1-5H3. The van der Waals surface area contributed by atoms with Gasteiger partial charge >= 0.3 is 0 Å². The van der Waals surface area contributed by atoms with Gasteiger partial charge in [0.1, 0.15) is 0 Å². The molecule has 0 aliphatic carbocycles. The summed E-state index contributed by atoms with van der Waals surface area (Å²) in [4.78, 5) is 0.536. The van der Waals surface area contributed by atoms with Crippen LogP contribution in [0, 0.1) is 11.3 Å². The van der Waals surface area contributed by atoms with Gasteiger partial charge in [-0.05, 0) is 29.5 Å². The van der Waals surface area contributed by atoms with E-state index in [1.54, 1.807) is 6.07 Å². The van der Waals surface area contributed by atoms with Crippen LogP contribution in [0.3, 0.4) is 0 Å². The molecule has 0 radical (unpaired) electrons. The quantitative estimate of drug-likeness (QED) is 0.929. The number of sulfone groups is 1. The van der Waals surface area contributed by atoms with Gasteiger partial charge in [-0.25, -0.2) is 8.42 Å². The third kappa shape index (κ3) is 3.49. The Kier molecular flexibility index (Phi) is 4.50. The molecule has 0 amide bonds. The molecule has 0 bridgehead atoms. The smallest absolute Gasteiger partial charge is 0.179 e. The Hall–Kier alpha value is -0.870. The van der Waals surface area contributed by atoms with Crippen molar-refractivity contribution in [3.05, 3.63) is 29.8 Å². The van der Waals surface area contributed by atoms with Crippen molar-refractivity contribution in [1.29, 1.82) is 0 Å². The molecule has 3 nitrogen and oxygen atoms in total. The van der Waals surface area contributed by atoms with E-state index in [0.29, 0.717) is 16.9 Å². The van der Waals surface area contributed by atoms with Gasteiger partial charge in [0.05, 0.1) is 10.6 Å². The molecule has 1 aromatic rings. The van der Waals surface area contributed by atoms with Crippen LogP contribution in [-0.4, -0.2) is 26.8 Å².